The molecule has 4 rings (SSSR count). The van der Waals surface area contributed by atoms with E-state index in [9.17, 15) is 9.59 Å². The molecule has 5 nitrogen and oxygen atoms in total. The molecule has 0 spiro atoms. The predicted octanol–water partition coefficient (Wildman–Crippen LogP) is 3.72. The predicted molar refractivity (Wildman–Crippen MR) is 109 cm³/mol. The zero-order valence-corrected chi connectivity index (χ0v) is 15.8. The first-order valence-corrected chi connectivity index (χ1v) is 9.38. The number of benzene rings is 2. The van der Waals surface area contributed by atoms with Crippen molar-refractivity contribution in [2.45, 2.75) is 24.2 Å². The van der Waals surface area contributed by atoms with Gasteiger partial charge in [0.05, 0.1) is 5.69 Å². The van der Waals surface area contributed by atoms with Crippen molar-refractivity contribution in [3.63, 3.8) is 0 Å². The Morgan fingerprint density at radius 2 is 2.04 bits per heavy atom. The SMILES string of the molecule is Cl.Nc1cccc2c1CCCN2C(=O)c1ccc2c(c1)NC(=O)CCS2. The Kier molecular flexibility index (Phi) is 5.44. The van der Waals surface area contributed by atoms with Gasteiger partial charge in [0, 0.05) is 40.6 Å². The number of fused-ring (bicyclic) bond motifs is 2. The summed E-state index contributed by atoms with van der Waals surface area (Å²) < 4.78 is 0. The maximum Gasteiger partial charge on any atom is 0.258 e. The molecule has 0 atom stereocenters. The van der Waals surface area contributed by atoms with Crippen LogP contribution in [0.3, 0.4) is 0 Å². The van der Waals surface area contributed by atoms with Crippen LogP contribution in [0.15, 0.2) is 41.3 Å². The molecule has 0 saturated carbocycles. The smallest absolute Gasteiger partial charge is 0.258 e. The number of halogens is 1. The molecular formula is C19H20ClN3O2S. The number of thioether (sulfide) groups is 1. The van der Waals surface area contributed by atoms with Crippen molar-refractivity contribution in [1.82, 2.24) is 0 Å². The number of amides is 2. The number of nitrogens with one attached hydrogen (secondary N) is 1. The largest absolute Gasteiger partial charge is 0.398 e. The Morgan fingerprint density at radius 1 is 1.19 bits per heavy atom. The summed E-state index contributed by atoms with van der Waals surface area (Å²) in [4.78, 5) is 27.7. The minimum Gasteiger partial charge on any atom is -0.398 e. The van der Waals surface area contributed by atoms with E-state index in [1.54, 1.807) is 22.7 Å². The number of rotatable bonds is 1. The van der Waals surface area contributed by atoms with Crippen molar-refractivity contribution in [3.05, 3.63) is 47.5 Å². The number of nitrogen functional groups attached to an aromatic ring is 1. The number of nitrogens with two attached hydrogens (primary N) is 1. The fourth-order valence-electron chi connectivity index (χ4n) is 3.37. The number of anilines is 3. The third kappa shape index (κ3) is 3.39. The van der Waals surface area contributed by atoms with Gasteiger partial charge in [0.1, 0.15) is 0 Å². The van der Waals surface area contributed by atoms with Crippen LogP contribution in [0.4, 0.5) is 17.1 Å². The van der Waals surface area contributed by atoms with Crippen molar-refractivity contribution in [2.75, 3.05) is 28.2 Å². The highest BCUT2D eigenvalue weighted by Gasteiger charge is 2.25. The fourth-order valence-corrected chi connectivity index (χ4v) is 4.31. The maximum atomic E-state index is 13.1. The molecule has 0 aromatic heterocycles. The van der Waals surface area contributed by atoms with Crippen LogP contribution >= 0.6 is 24.2 Å². The van der Waals surface area contributed by atoms with E-state index in [4.69, 9.17) is 5.73 Å². The minimum atomic E-state index is -0.0576. The van der Waals surface area contributed by atoms with Gasteiger partial charge in [0.15, 0.2) is 0 Å². The Morgan fingerprint density at radius 3 is 2.88 bits per heavy atom. The molecule has 7 heteroatoms. The van der Waals surface area contributed by atoms with E-state index >= 15 is 0 Å². The highest BCUT2D eigenvalue weighted by atomic mass is 35.5. The summed E-state index contributed by atoms with van der Waals surface area (Å²) >= 11 is 1.64. The van der Waals surface area contributed by atoms with Crippen LogP contribution in [0, 0.1) is 0 Å². The van der Waals surface area contributed by atoms with Crippen LogP contribution in [0.25, 0.3) is 0 Å². The molecule has 0 saturated heterocycles. The van der Waals surface area contributed by atoms with Crippen LogP contribution in [0.2, 0.25) is 0 Å². The van der Waals surface area contributed by atoms with Gasteiger partial charge in [-0.25, -0.2) is 0 Å². The van der Waals surface area contributed by atoms with E-state index in [0.717, 1.165) is 46.1 Å². The first-order chi connectivity index (χ1) is 12.1. The first-order valence-electron chi connectivity index (χ1n) is 8.39. The average Bonchev–Trinajstić information content (AvgIpc) is 2.81. The molecule has 0 fully saturated rings. The van der Waals surface area contributed by atoms with E-state index in [2.05, 4.69) is 5.32 Å². The van der Waals surface area contributed by atoms with Crippen LogP contribution in [0.5, 0.6) is 0 Å². The lowest BCUT2D eigenvalue weighted by Gasteiger charge is -2.30. The van der Waals surface area contributed by atoms with Gasteiger partial charge in [0.2, 0.25) is 5.91 Å². The Bertz CT molecular complexity index is 872. The third-order valence-corrected chi connectivity index (χ3v) is 5.69. The molecule has 0 bridgehead atoms. The second kappa shape index (κ2) is 7.60. The molecule has 2 aromatic carbocycles. The van der Waals surface area contributed by atoms with Gasteiger partial charge in [-0.05, 0) is 48.7 Å². The van der Waals surface area contributed by atoms with Crippen LogP contribution in [-0.4, -0.2) is 24.1 Å². The minimum absolute atomic E-state index is 0. The highest BCUT2D eigenvalue weighted by molar-refractivity contribution is 7.99. The molecule has 2 aliphatic rings. The van der Waals surface area contributed by atoms with Crippen molar-refractivity contribution >= 4 is 53.0 Å². The lowest BCUT2D eigenvalue weighted by atomic mass is 9.99. The van der Waals surface area contributed by atoms with Crippen molar-refractivity contribution in [2.24, 2.45) is 0 Å². The number of hydrogen-bond acceptors (Lipinski definition) is 4. The van der Waals surface area contributed by atoms with Crippen LogP contribution < -0.4 is 16.0 Å². The van der Waals surface area contributed by atoms with Gasteiger partial charge in [-0.2, -0.15) is 0 Å². The summed E-state index contributed by atoms with van der Waals surface area (Å²) in [5, 5.41) is 2.90. The molecule has 0 radical (unpaired) electrons. The summed E-state index contributed by atoms with van der Waals surface area (Å²) in [5.41, 5.74) is 10.1. The van der Waals surface area contributed by atoms with E-state index < -0.39 is 0 Å². The quantitative estimate of drug-likeness (QED) is 0.729. The fraction of sp³-hybridized carbons (Fsp3) is 0.263. The first kappa shape index (κ1) is 18.6. The molecule has 2 aromatic rings. The topological polar surface area (TPSA) is 75.4 Å². The summed E-state index contributed by atoms with van der Waals surface area (Å²) in [6.45, 7) is 0.674. The zero-order chi connectivity index (χ0) is 17.4. The normalized spacial score (nSPS) is 15.8. The molecule has 2 amide bonds. The van der Waals surface area contributed by atoms with Crippen LogP contribution in [0.1, 0.15) is 28.8 Å². The van der Waals surface area contributed by atoms with E-state index in [0.29, 0.717) is 18.5 Å². The average molecular weight is 390 g/mol. The molecule has 26 heavy (non-hydrogen) atoms. The Labute approximate surface area is 162 Å². The standard InChI is InChI=1S/C19H19N3O2S.ClH/c20-14-4-1-5-16-13(14)3-2-9-22(16)19(24)12-6-7-17-15(11-12)21-18(23)8-10-25-17;/h1,4-7,11H,2-3,8-10,20H2,(H,21,23);1H. The van der Waals surface area contributed by atoms with Gasteiger partial charge < -0.3 is 16.0 Å². The van der Waals surface area contributed by atoms with Crippen molar-refractivity contribution in [1.29, 1.82) is 0 Å². The monoisotopic (exact) mass is 389 g/mol. The summed E-state index contributed by atoms with van der Waals surface area (Å²) in [7, 11) is 0. The van der Waals surface area contributed by atoms with Crippen molar-refractivity contribution in [3.8, 4) is 0 Å². The second-order valence-corrected chi connectivity index (χ2v) is 7.40. The molecule has 136 valence electrons. The van der Waals surface area contributed by atoms with Crippen LogP contribution in [-0.2, 0) is 11.2 Å². The number of hydrogen-bond donors (Lipinski definition) is 2. The molecule has 3 N–H and O–H groups in total. The molecular weight excluding hydrogens is 370 g/mol. The summed E-state index contributed by atoms with van der Waals surface area (Å²) in [6.07, 6.45) is 2.27. The lowest BCUT2D eigenvalue weighted by Crippen LogP contribution is -2.35. The third-order valence-electron chi connectivity index (χ3n) is 4.62. The number of carbonyl (C=O) groups excluding carboxylic acids is 2. The lowest BCUT2D eigenvalue weighted by molar-refractivity contribution is -0.115. The highest BCUT2D eigenvalue weighted by Crippen LogP contribution is 2.34. The van der Waals surface area contributed by atoms with E-state index in [1.807, 2.05) is 30.3 Å². The van der Waals surface area contributed by atoms with Crippen molar-refractivity contribution < 1.29 is 9.59 Å². The summed E-state index contributed by atoms with van der Waals surface area (Å²) in [6, 6.07) is 11.3. The zero-order valence-electron chi connectivity index (χ0n) is 14.2. The Hall–Kier alpha value is -2.18. The summed E-state index contributed by atoms with van der Waals surface area (Å²) in [5.74, 6) is 0.690. The molecule has 0 unspecified atom stereocenters. The van der Waals surface area contributed by atoms with E-state index in [1.165, 1.54) is 0 Å². The molecule has 2 heterocycles. The number of carbonyl (C=O) groups is 2. The maximum absolute atomic E-state index is 13.1. The van der Waals surface area contributed by atoms with Gasteiger partial charge in [0.25, 0.3) is 5.91 Å². The van der Waals surface area contributed by atoms with Gasteiger partial charge in [-0.15, -0.1) is 24.2 Å². The van der Waals surface area contributed by atoms with Gasteiger partial charge in [-0.1, -0.05) is 6.07 Å². The second-order valence-electron chi connectivity index (χ2n) is 6.26. The van der Waals surface area contributed by atoms with Gasteiger partial charge >= 0.3 is 0 Å². The molecule has 2 aliphatic heterocycles. The van der Waals surface area contributed by atoms with Gasteiger partial charge in [-0.3, -0.25) is 9.59 Å². The number of nitrogens with zero attached hydrogens (tertiary/aromatic N) is 1. The molecule has 0 aliphatic carbocycles. The Balaban J connectivity index is 0.00000196. The van der Waals surface area contributed by atoms with E-state index in [-0.39, 0.29) is 24.2 Å².